The number of nitrogens with one attached hydrogen (secondary N) is 1. The minimum atomic E-state index is -0.464. The number of amides is 1. The van der Waals surface area contributed by atoms with E-state index in [9.17, 15) is 4.79 Å². The van der Waals surface area contributed by atoms with Crippen LogP contribution < -0.4 is 5.32 Å². The lowest BCUT2D eigenvalue weighted by Crippen LogP contribution is -2.46. The molecule has 23 heavy (non-hydrogen) atoms. The van der Waals surface area contributed by atoms with Crippen LogP contribution in [0.3, 0.4) is 0 Å². The SMILES string of the molecule is CC(C)(C)OC(=O)N1[C@@H](c2ccccc2)C[C@@H]2NCCCC[C@H]21. The van der Waals surface area contributed by atoms with Crippen molar-refractivity contribution in [3.8, 4) is 0 Å². The summed E-state index contributed by atoms with van der Waals surface area (Å²) >= 11 is 0. The summed E-state index contributed by atoms with van der Waals surface area (Å²) in [6.07, 6.45) is 4.19. The fourth-order valence-electron chi connectivity index (χ4n) is 3.81. The second-order valence-corrected chi connectivity index (χ2v) is 7.67. The number of ether oxygens (including phenoxy) is 1. The molecule has 1 aromatic rings. The molecule has 2 aliphatic heterocycles. The Morgan fingerprint density at radius 1 is 1.22 bits per heavy atom. The van der Waals surface area contributed by atoms with Crippen molar-refractivity contribution in [3.05, 3.63) is 35.9 Å². The van der Waals surface area contributed by atoms with Crippen molar-refractivity contribution in [2.45, 2.75) is 70.2 Å². The molecule has 0 spiro atoms. The summed E-state index contributed by atoms with van der Waals surface area (Å²) in [7, 11) is 0. The van der Waals surface area contributed by atoms with Gasteiger partial charge in [-0.15, -0.1) is 0 Å². The van der Waals surface area contributed by atoms with Crippen LogP contribution in [0.15, 0.2) is 30.3 Å². The van der Waals surface area contributed by atoms with Gasteiger partial charge in [0.2, 0.25) is 0 Å². The van der Waals surface area contributed by atoms with Crippen molar-refractivity contribution >= 4 is 6.09 Å². The Hall–Kier alpha value is -1.55. The normalized spacial score (nSPS) is 28.1. The third-order valence-electron chi connectivity index (χ3n) is 4.76. The van der Waals surface area contributed by atoms with Gasteiger partial charge in [-0.25, -0.2) is 4.79 Å². The highest BCUT2D eigenvalue weighted by Gasteiger charge is 2.45. The van der Waals surface area contributed by atoms with Crippen LogP contribution in [0.4, 0.5) is 4.79 Å². The highest BCUT2D eigenvalue weighted by molar-refractivity contribution is 5.70. The number of fused-ring (bicyclic) bond motifs is 1. The Bertz CT molecular complexity index is 538. The van der Waals surface area contributed by atoms with E-state index < -0.39 is 5.60 Å². The number of hydrogen-bond donors (Lipinski definition) is 1. The summed E-state index contributed by atoms with van der Waals surface area (Å²) in [5.41, 5.74) is 0.738. The summed E-state index contributed by atoms with van der Waals surface area (Å²) in [6, 6.07) is 11.1. The Balaban J connectivity index is 1.89. The van der Waals surface area contributed by atoms with Gasteiger partial charge in [0.1, 0.15) is 5.60 Å². The lowest BCUT2D eigenvalue weighted by atomic mass is 10.0. The zero-order chi connectivity index (χ0) is 16.4. The van der Waals surface area contributed by atoms with Gasteiger partial charge in [0.25, 0.3) is 0 Å². The second-order valence-electron chi connectivity index (χ2n) is 7.67. The van der Waals surface area contributed by atoms with Gasteiger partial charge in [-0.2, -0.15) is 0 Å². The number of carbonyl (C=O) groups excluding carboxylic acids is 1. The molecule has 0 bridgehead atoms. The Morgan fingerprint density at radius 3 is 2.65 bits per heavy atom. The highest BCUT2D eigenvalue weighted by atomic mass is 16.6. The van der Waals surface area contributed by atoms with Crippen LogP contribution in [-0.4, -0.2) is 35.2 Å². The standard InChI is InChI=1S/C19H28N2O2/c1-19(2,3)23-18(22)21-16-11-7-8-12-20-15(16)13-17(21)14-9-5-4-6-10-14/h4-6,9-10,15-17,20H,7-8,11-13H2,1-3H3/t15-,16+,17+/m0/s1. The molecule has 0 radical (unpaired) electrons. The molecular weight excluding hydrogens is 288 g/mol. The second kappa shape index (κ2) is 6.52. The van der Waals surface area contributed by atoms with Gasteiger partial charge in [-0.05, 0) is 52.1 Å². The minimum Gasteiger partial charge on any atom is -0.444 e. The summed E-state index contributed by atoms with van der Waals surface area (Å²) in [6.45, 7) is 6.84. The lowest BCUT2D eigenvalue weighted by Gasteiger charge is -2.33. The number of likely N-dealkylation sites (tertiary alicyclic amines) is 1. The fraction of sp³-hybridized carbons (Fsp3) is 0.632. The van der Waals surface area contributed by atoms with Crippen LogP contribution in [-0.2, 0) is 4.74 Å². The van der Waals surface area contributed by atoms with Gasteiger partial charge in [0.15, 0.2) is 0 Å². The molecule has 1 N–H and O–H groups in total. The third-order valence-corrected chi connectivity index (χ3v) is 4.76. The third kappa shape index (κ3) is 3.69. The molecule has 4 nitrogen and oxygen atoms in total. The number of nitrogens with zero attached hydrogens (tertiary/aromatic N) is 1. The first-order valence-corrected chi connectivity index (χ1v) is 8.75. The monoisotopic (exact) mass is 316 g/mol. The Morgan fingerprint density at radius 2 is 1.96 bits per heavy atom. The predicted octanol–water partition coefficient (Wildman–Crippen LogP) is 3.88. The van der Waals surface area contributed by atoms with E-state index in [1.807, 2.05) is 43.9 Å². The average molecular weight is 316 g/mol. The molecule has 0 aromatic heterocycles. The van der Waals surface area contributed by atoms with E-state index in [4.69, 9.17) is 4.74 Å². The first-order valence-electron chi connectivity index (χ1n) is 8.75. The summed E-state index contributed by atoms with van der Waals surface area (Å²) in [4.78, 5) is 14.9. The number of benzene rings is 1. The van der Waals surface area contributed by atoms with Crippen molar-refractivity contribution in [2.75, 3.05) is 6.54 Å². The van der Waals surface area contributed by atoms with Gasteiger partial charge < -0.3 is 10.1 Å². The molecule has 2 fully saturated rings. The van der Waals surface area contributed by atoms with Crippen molar-refractivity contribution < 1.29 is 9.53 Å². The Labute approximate surface area is 139 Å². The molecule has 3 atom stereocenters. The largest absolute Gasteiger partial charge is 0.444 e. The van der Waals surface area contributed by atoms with Crippen LogP contribution in [0.1, 0.15) is 58.1 Å². The predicted molar refractivity (Wildman–Crippen MR) is 91.3 cm³/mol. The van der Waals surface area contributed by atoms with Gasteiger partial charge in [0.05, 0.1) is 12.1 Å². The van der Waals surface area contributed by atoms with E-state index in [0.29, 0.717) is 6.04 Å². The maximum Gasteiger partial charge on any atom is 0.411 e. The highest BCUT2D eigenvalue weighted by Crippen LogP contribution is 2.40. The van der Waals surface area contributed by atoms with E-state index in [2.05, 4.69) is 17.4 Å². The lowest BCUT2D eigenvalue weighted by molar-refractivity contribution is 0.0129. The number of hydrogen-bond acceptors (Lipinski definition) is 3. The van der Waals surface area contributed by atoms with E-state index in [1.165, 1.54) is 12.0 Å². The van der Waals surface area contributed by atoms with E-state index in [1.54, 1.807) is 0 Å². The molecule has 2 heterocycles. The molecule has 126 valence electrons. The van der Waals surface area contributed by atoms with Crippen molar-refractivity contribution in [3.63, 3.8) is 0 Å². The van der Waals surface area contributed by atoms with E-state index in [0.717, 1.165) is 25.8 Å². The topological polar surface area (TPSA) is 41.6 Å². The maximum atomic E-state index is 12.9. The molecule has 0 saturated carbocycles. The first kappa shape index (κ1) is 16.3. The van der Waals surface area contributed by atoms with Crippen LogP contribution in [0, 0.1) is 0 Å². The van der Waals surface area contributed by atoms with Gasteiger partial charge in [0, 0.05) is 6.04 Å². The quantitative estimate of drug-likeness (QED) is 0.855. The molecule has 0 unspecified atom stereocenters. The van der Waals surface area contributed by atoms with Crippen LogP contribution >= 0.6 is 0 Å². The van der Waals surface area contributed by atoms with E-state index in [-0.39, 0.29) is 18.2 Å². The zero-order valence-corrected chi connectivity index (χ0v) is 14.4. The molecule has 1 amide bonds. The van der Waals surface area contributed by atoms with Crippen LogP contribution in [0.2, 0.25) is 0 Å². The Kier molecular flexibility index (Phi) is 4.62. The number of rotatable bonds is 1. The maximum absolute atomic E-state index is 12.9. The zero-order valence-electron chi connectivity index (χ0n) is 14.4. The smallest absolute Gasteiger partial charge is 0.411 e. The van der Waals surface area contributed by atoms with E-state index >= 15 is 0 Å². The molecule has 4 heteroatoms. The summed E-state index contributed by atoms with van der Waals surface area (Å²) < 4.78 is 5.72. The number of carbonyl (C=O) groups is 1. The summed E-state index contributed by atoms with van der Waals surface area (Å²) in [5.74, 6) is 0. The summed E-state index contributed by atoms with van der Waals surface area (Å²) in [5, 5.41) is 3.64. The van der Waals surface area contributed by atoms with Crippen molar-refractivity contribution in [1.82, 2.24) is 10.2 Å². The molecule has 3 rings (SSSR count). The molecule has 1 aromatic carbocycles. The van der Waals surface area contributed by atoms with Gasteiger partial charge in [-0.3, -0.25) is 4.90 Å². The molecular formula is C19H28N2O2. The molecule has 2 saturated heterocycles. The first-order chi connectivity index (χ1) is 11.0. The minimum absolute atomic E-state index is 0.103. The van der Waals surface area contributed by atoms with Gasteiger partial charge in [-0.1, -0.05) is 36.8 Å². The fourth-order valence-corrected chi connectivity index (χ4v) is 3.81. The van der Waals surface area contributed by atoms with Crippen LogP contribution in [0.25, 0.3) is 0 Å². The van der Waals surface area contributed by atoms with Crippen molar-refractivity contribution in [1.29, 1.82) is 0 Å². The average Bonchev–Trinajstić information content (AvgIpc) is 2.70. The van der Waals surface area contributed by atoms with Gasteiger partial charge >= 0.3 is 6.09 Å². The van der Waals surface area contributed by atoms with Crippen LogP contribution in [0.5, 0.6) is 0 Å². The molecule has 2 aliphatic rings. The molecule has 0 aliphatic carbocycles. The van der Waals surface area contributed by atoms with Crippen molar-refractivity contribution in [2.24, 2.45) is 0 Å².